The largest absolute Gasteiger partial charge is 0.354 e. The van der Waals surface area contributed by atoms with E-state index in [-0.39, 0.29) is 30.7 Å². The Hall–Kier alpha value is -0.0300. The third kappa shape index (κ3) is 8.30. The summed E-state index contributed by atoms with van der Waals surface area (Å²) in [6.07, 6.45) is 2.34. The first-order chi connectivity index (χ1) is 8.29. The van der Waals surface area contributed by atoms with E-state index < -0.39 is 5.54 Å². The van der Waals surface area contributed by atoms with Gasteiger partial charge in [0.25, 0.3) is 0 Å². The van der Waals surface area contributed by atoms with Gasteiger partial charge in [0, 0.05) is 19.6 Å². The minimum atomic E-state index is -0.770. The standard InChI is InChI=1S/C14H29N3O.2ClH/c1-11-8-12(2)10-17(9-11)7-5-6-16-13(18)14(3,4)15;;/h11-12H,5-10,15H2,1-4H3,(H,16,18);2*1H. The average Bonchev–Trinajstić information content (AvgIpc) is 2.21. The van der Waals surface area contributed by atoms with Crippen molar-refractivity contribution in [3.05, 3.63) is 0 Å². The maximum atomic E-state index is 11.6. The molecule has 0 aromatic rings. The highest BCUT2D eigenvalue weighted by Crippen LogP contribution is 2.20. The fourth-order valence-electron chi connectivity index (χ4n) is 2.71. The van der Waals surface area contributed by atoms with Crippen LogP contribution in [-0.4, -0.2) is 42.5 Å². The highest BCUT2D eigenvalue weighted by atomic mass is 35.5. The van der Waals surface area contributed by atoms with E-state index in [0.29, 0.717) is 0 Å². The summed E-state index contributed by atoms with van der Waals surface area (Å²) in [6.45, 7) is 12.3. The molecule has 0 radical (unpaired) electrons. The number of amides is 1. The number of hydrogen-bond acceptors (Lipinski definition) is 3. The molecule has 0 aromatic carbocycles. The quantitative estimate of drug-likeness (QED) is 0.760. The van der Waals surface area contributed by atoms with Crippen LogP contribution in [0.5, 0.6) is 0 Å². The third-order valence-corrected chi connectivity index (χ3v) is 3.47. The number of nitrogens with one attached hydrogen (secondary N) is 1. The number of nitrogens with zero attached hydrogens (tertiary/aromatic N) is 1. The molecule has 0 saturated carbocycles. The molecule has 4 nitrogen and oxygen atoms in total. The molecule has 1 heterocycles. The van der Waals surface area contributed by atoms with Gasteiger partial charge in [-0.15, -0.1) is 24.8 Å². The number of rotatable bonds is 5. The van der Waals surface area contributed by atoms with Crippen LogP contribution >= 0.6 is 24.8 Å². The Morgan fingerprint density at radius 1 is 1.25 bits per heavy atom. The van der Waals surface area contributed by atoms with Gasteiger partial charge in [-0.25, -0.2) is 0 Å². The zero-order valence-corrected chi connectivity index (χ0v) is 14.8. The molecule has 1 aliphatic rings. The molecule has 1 saturated heterocycles. The molecule has 0 spiro atoms. The lowest BCUT2D eigenvalue weighted by molar-refractivity contribution is -0.125. The minimum absolute atomic E-state index is 0. The topological polar surface area (TPSA) is 58.4 Å². The number of hydrogen-bond donors (Lipinski definition) is 2. The summed E-state index contributed by atoms with van der Waals surface area (Å²) in [5.41, 5.74) is 4.95. The van der Waals surface area contributed by atoms with Crippen LogP contribution in [0.25, 0.3) is 0 Å². The molecule has 6 heteroatoms. The first kappa shape index (κ1) is 22.3. The second kappa shape index (κ2) is 9.82. The molecule has 0 aromatic heterocycles. The van der Waals surface area contributed by atoms with Gasteiger partial charge in [0.1, 0.15) is 0 Å². The number of carbonyl (C=O) groups is 1. The van der Waals surface area contributed by atoms with Gasteiger partial charge in [-0.1, -0.05) is 13.8 Å². The predicted molar refractivity (Wildman–Crippen MR) is 89.8 cm³/mol. The van der Waals surface area contributed by atoms with Gasteiger partial charge in [0.2, 0.25) is 5.91 Å². The van der Waals surface area contributed by atoms with Crippen LogP contribution in [0.3, 0.4) is 0 Å². The van der Waals surface area contributed by atoms with E-state index in [0.717, 1.165) is 31.3 Å². The van der Waals surface area contributed by atoms with Crippen LogP contribution in [0.15, 0.2) is 0 Å². The molecule has 1 amide bonds. The smallest absolute Gasteiger partial charge is 0.239 e. The first-order valence-electron chi connectivity index (χ1n) is 7.08. The Kier molecular flexibility index (Phi) is 10.9. The molecule has 122 valence electrons. The van der Waals surface area contributed by atoms with Crippen molar-refractivity contribution in [3.8, 4) is 0 Å². The summed E-state index contributed by atoms with van der Waals surface area (Å²) in [7, 11) is 0. The lowest BCUT2D eigenvalue weighted by Gasteiger charge is -2.35. The zero-order chi connectivity index (χ0) is 13.8. The Labute approximate surface area is 136 Å². The summed E-state index contributed by atoms with van der Waals surface area (Å²) >= 11 is 0. The van der Waals surface area contributed by atoms with Gasteiger partial charge in [-0.3, -0.25) is 4.79 Å². The van der Waals surface area contributed by atoms with Crippen LogP contribution in [0, 0.1) is 11.8 Å². The highest BCUT2D eigenvalue weighted by molar-refractivity contribution is 5.85. The summed E-state index contributed by atoms with van der Waals surface area (Å²) in [4.78, 5) is 14.1. The third-order valence-electron chi connectivity index (χ3n) is 3.47. The summed E-state index contributed by atoms with van der Waals surface area (Å²) < 4.78 is 0. The van der Waals surface area contributed by atoms with Crippen LogP contribution in [0.1, 0.15) is 40.5 Å². The van der Waals surface area contributed by atoms with Gasteiger partial charge in [-0.2, -0.15) is 0 Å². The number of piperidine rings is 1. The molecule has 1 aliphatic heterocycles. The molecule has 2 unspecified atom stereocenters. The van der Waals surface area contributed by atoms with Gasteiger partial charge in [-0.05, 0) is 45.1 Å². The van der Waals surface area contributed by atoms with Crippen molar-refractivity contribution in [1.29, 1.82) is 0 Å². The van der Waals surface area contributed by atoms with Crippen molar-refractivity contribution in [3.63, 3.8) is 0 Å². The molecule has 0 aliphatic carbocycles. The fourth-order valence-corrected chi connectivity index (χ4v) is 2.71. The monoisotopic (exact) mass is 327 g/mol. The summed E-state index contributed by atoms with van der Waals surface area (Å²) in [5, 5.41) is 2.89. The van der Waals surface area contributed by atoms with Crippen LogP contribution in [0.4, 0.5) is 0 Å². The number of halogens is 2. The van der Waals surface area contributed by atoms with Gasteiger partial charge in [0.05, 0.1) is 5.54 Å². The van der Waals surface area contributed by atoms with Crippen molar-refractivity contribution in [1.82, 2.24) is 10.2 Å². The SMILES string of the molecule is CC1CC(C)CN(CCCNC(=O)C(C)(C)N)C1.Cl.Cl. The number of likely N-dealkylation sites (tertiary alicyclic amines) is 1. The average molecular weight is 328 g/mol. The van der Waals surface area contributed by atoms with Gasteiger partial charge in [0.15, 0.2) is 0 Å². The molecule has 0 bridgehead atoms. The van der Waals surface area contributed by atoms with Crippen molar-refractivity contribution in [2.45, 2.75) is 46.1 Å². The summed E-state index contributed by atoms with van der Waals surface area (Å²) in [5.74, 6) is 1.53. The zero-order valence-electron chi connectivity index (χ0n) is 13.1. The second-order valence-corrected chi connectivity index (χ2v) is 6.54. The Bertz CT molecular complexity index is 272. The normalized spacial score (nSPS) is 23.4. The van der Waals surface area contributed by atoms with E-state index in [2.05, 4.69) is 24.1 Å². The minimum Gasteiger partial charge on any atom is -0.354 e. The van der Waals surface area contributed by atoms with Crippen molar-refractivity contribution >= 4 is 30.7 Å². The molecular weight excluding hydrogens is 297 g/mol. The molecular formula is C14H31Cl2N3O. The van der Waals surface area contributed by atoms with Crippen molar-refractivity contribution in [2.75, 3.05) is 26.2 Å². The van der Waals surface area contributed by atoms with E-state index in [1.54, 1.807) is 13.8 Å². The Balaban J connectivity index is 0. The fraction of sp³-hybridized carbons (Fsp3) is 0.929. The van der Waals surface area contributed by atoms with E-state index in [4.69, 9.17) is 5.73 Å². The highest BCUT2D eigenvalue weighted by Gasteiger charge is 2.22. The Morgan fingerprint density at radius 2 is 1.75 bits per heavy atom. The molecule has 20 heavy (non-hydrogen) atoms. The molecule has 3 N–H and O–H groups in total. The second-order valence-electron chi connectivity index (χ2n) is 6.54. The summed E-state index contributed by atoms with van der Waals surface area (Å²) in [6, 6.07) is 0. The van der Waals surface area contributed by atoms with E-state index in [1.165, 1.54) is 19.5 Å². The van der Waals surface area contributed by atoms with Gasteiger partial charge < -0.3 is 16.0 Å². The lowest BCUT2D eigenvalue weighted by Crippen LogP contribution is -2.49. The van der Waals surface area contributed by atoms with Crippen LogP contribution in [0.2, 0.25) is 0 Å². The maximum absolute atomic E-state index is 11.6. The van der Waals surface area contributed by atoms with Crippen LogP contribution in [-0.2, 0) is 4.79 Å². The Morgan fingerprint density at radius 3 is 2.20 bits per heavy atom. The lowest BCUT2D eigenvalue weighted by atomic mass is 9.92. The van der Waals surface area contributed by atoms with E-state index in [1.807, 2.05) is 0 Å². The molecule has 1 fully saturated rings. The van der Waals surface area contributed by atoms with E-state index >= 15 is 0 Å². The number of nitrogens with two attached hydrogens (primary N) is 1. The van der Waals surface area contributed by atoms with Crippen molar-refractivity contribution in [2.24, 2.45) is 17.6 Å². The first-order valence-corrected chi connectivity index (χ1v) is 7.08. The van der Waals surface area contributed by atoms with Crippen LogP contribution < -0.4 is 11.1 Å². The molecule has 1 rings (SSSR count). The molecule has 2 atom stereocenters. The van der Waals surface area contributed by atoms with Gasteiger partial charge >= 0.3 is 0 Å². The number of carbonyl (C=O) groups excluding carboxylic acids is 1. The van der Waals surface area contributed by atoms with Crippen molar-refractivity contribution < 1.29 is 4.79 Å². The maximum Gasteiger partial charge on any atom is 0.239 e. The van der Waals surface area contributed by atoms with E-state index in [9.17, 15) is 4.79 Å². The predicted octanol–water partition coefficient (Wildman–Crippen LogP) is 2.05.